The molecule has 1 aromatic heterocycles. The number of nitrogens with zero attached hydrogens (tertiary/aromatic N) is 3. The SMILES string of the molecule is O=C(Cc1ccc(-c2ccccc2)cc1)NC1C2CN(c3ncc(C(=O)NO)cn3)CC21. The number of anilines is 1. The van der Waals surface area contributed by atoms with Gasteiger partial charge in [0.2, 0.25) is 11.9 Å². The summed E-state index contributed by atoms with van der Waals surface area (Å²) in [6.07, 6.45) is 3.15. The fraction of sp³-hybridized carbons (Fsp3) is 0.250. The van der Waals surface area contributed by atoms with Gasteiger partial charge in [-0.25, -0.2) is 15.4 Å². The van der Waals surface area contributed by atoms with Crippen LogP contribution >= 0.6 is 0 Å². The van der Waals surface area contributed by atoms with Gasteiger partial charge in [0.1, 0.15) is 0 Å². The zero-order valence-corrected chi connectivity index (χ0v) is 17.3. The minimum atomic E-state index is -0.640. The number of carbonyl (C=O) groups is 2. The van der Waals surface area contributed by atoms with Crippen molar-refractivity contribution in [2.75, 3.05) is 18.0 Å². The Bertz CT molecular complexity index is 1110. The highest BCUT2D eigenvalue weighted by Gasteiger charge is 2.56. The van der Waals surface area contributed by atoms with Crippen molar-refractivity contribution in [3.05, 3.63) is 78.1 Å². The van der Waals surface area contributed by atoms with Crippen LogP contribution in [0, 0.1) is 11.8 Å². The van der Waals surface area contributed by atoms with Gasteiger partial charge in [-0.3, -0.25) is 14.8 Å². The third-order valence-corrected chi connectivity index (χ3v) is 6.23. The van der Waals surface area contributed by atoms with E-state index in [2.05, 4.69) is 44.5 Å². The maximum Gasteiger partial charge on any atom is 0.277 e. The van der Waals surface area contributed by atoms with Gasteiger partial charge >= 0.3 is 0 Å². The second kappa shape index (κ2) is 8.39. The average molecular weight is 429 g/mol. The fourth-order valence-electron chi connectivity index (χ4n) is 4.44. The maximum absolute atomic E-state index is 12.5. The second-order valence-electron chi connectivity index (χ2n) is 8.28. The van der Waals surface area contributed by atoms with E-state index in [0.29, 0.717) is 24.2 Å². The molecule has 2 amide bonds. The molecular weight excluding hydrogens is 406 g/mol. The standard InChI is InChI=1S/C24H23N5O3/c30-21(10-15-6-8-17(9-7-15)16-4-2-1-3-5-16)27-22-19-13-29(14-20(19)22)24-25-11-18(12-26-24)23(31)28-32/h1-9,11-12,19-20,22,32H,10,13-14H2,(H,27,30)(H,28,31). The van der Waals surface area contributed by atoms with E-state index in [0.717, 1.165) is 29.8 Å². The number of nitrogens with one attached hydrogen (secondary N) is 2. The number of piperidine rings is 1. The summed E-state index contributed by atoms with van der Waals surface area (Å²) in [5, 5.41) is 11.8. The fourth-order valence-corrected chi connectivity index (χ4v) is 4.44. The highest BCUT2D eigenvalue weighted by molar-refractivity contribution is 5.92. The first kappa shape index (κ1) is 20.1. The molecule has 32 heavy (non-hydrogen) atoms. The van der Waals surface area contributed by atoms with Crippen molar-refractivity contribution < 1.29 is 14.8 Å². The first-order chi connectivity index (χ1) is 15.6. The van der Waals surface area contributed by atoms with Gasteiger partial charge in [0, 0.05) is 43.4 Å². The van der Waals surface area contributed by atoms with Gasteiger partial charge in [-0.05, 0) is 16.7 Å². The Morgan fingerprint density at radius 2 is 1.56 bits per heavy atom. The Hall–Kier alpha value is -3.78. The number of amides is 2. The number of aromatic nitrogens is 2. The van der Waals surface area contributed by atoms with Crippen LogP contribution in [0.15, 0.2) is 67.0 Å². The topological polar surface area (TPSA) is 107 Å². The number of rotatable bonds is 6. The van der Waals surface area contributed by atoms with E-state index in [4.69, 9.17) is 5.21 Å². The van der Waals surface area contributed by atoms with Gasteiger partial charge in [-0.15, -0.1) is 0 Å². The highest BCUT2D eigenvalue weighted by Crippen LogP contribution is 2.46. The molecule has 8 nitrogen and oxygen atoms in total. The van der Waals surface area contributed by atoms with Crippen molar-refractivity contribution >= 4 is 17.8 Å². The quantitative estimate of drug-likeness (QED) is 0.409. The van der Waals surface area contributed by atoms with Gasteiger partial charge < -0.3 is 10.2 Å². The van der Waals surface area contributed by atoms with Crippen molar-refractivity contribution in [2.45, 2.75) is 12.5 Å². The number of fused-ring (bicyclic) bond motifs is 1. The van der Waals surface area contributed by atoms with Gasteiger partial charge in [0.15, 0.2) is 0 Å². The van der Waals surface area contributed by atoms with E-state index in [1.165, 1.54) is 12.4 Å². The zero-order chi connectivity index (χ0) is 22.1. The summed E-state index contributed by atoms with van der Waals surface area (Å²) in [4.78, 5) is 34.4. The Labute approximate surface area is 185 Å². The first-order valence-corrected chi connectivity index (χ1v) is 10.6. The van der Waals surface area contributed by atoms with Gasteiger partial charge in [-0.1, -0.05) is 54.6 Å². The van der Waals surface area contributed by atoms with Crippen LogP contribution in [0.2, 0.25) is 0 Å². The van der Waals surface area contributed by atoms with Crippen molar-refractivity contribution in [3.8, 4) is 11.1 Å². The lowest BCUT2D eigenvalue weighted by molar-refractivity contribution is -0.120. The summed E-state index contributed by atoms with van der Waals surface area (Å²) in [5.41, 5.74) is 5.05. The summed E-state index contributed by atoms with van der Waals surface area (Å²) in [7, 11) is 0. The normalized spacial score (nSPS) is 21.0. The van der Waals surface area contributed by atoms with Gasteiger partial charge in [0.25, 0.3) is 5.91 Å². The van der Waals surface area contributed by atoms with E-state index < -0.39 is 5.91 Å². The maximum atomic E-state index is 12.5. The molecule has 0 spiro atoms. The second-order valence-corrected chi connectivity index (χ2v) is 8.28. The van der Waals surface area contributed by atoms with Crippen molar-refractivity contribution in [1.29, 1.82) is 0 Å². The van der Waals surface area contributed by atoms with Gasteiger partial charge in [-0.2, -0.15) is 0 Å². The lowest BCUT2D eigenvalue weighted by atomic mass is 10.0. The van der Waals surface area contributed by atoms with Crippen LogP contribution in [-0.2, 0) is 11.2 Å². The summed E-state index contributed by atoms with van der Waals surface area (Å²) >= 11 is 0. The molecule has 3 aromatic rings. The molecule has 3 N–H and O–H groups in total. The van der Waals surface area contributed by atoms with Crippen LogP contribution in [0.1, 0.15) is 15.9 Å². The number of hydrogen-bond acceptors (Lipinski definition) is 6. The first-order valence-electron chi connectivity index (χ1n) is 10.6. The number of hydrogen-bond donors (Lipinski definition) is 3. The minimum absolute atomic E-state index is 0.0408. The summed E-state index contributed by atoms with van der Waals surface area (Å²) in [6, 6.07) is 18.5. The molecule has 0 bridgehead atoms. The molecule has 2 fully saturated rings. The lowest BCUT2D eigenvalue weighted by Crippen LogP contribution is -2.36. The molecule has 1 saturated carbocycles. The summed E-state index contributed by atoms with van der Waals surface area (Å²) in [6.45, 7) is 1.54. The van der Waals surface area contributed by atoms with E-state index in [1.54, 1.807) is 5.48 Å². The van der Waals surface area contributed by atoms with Crippen LogP contribution < -0.4 is 15.7 Å². The van der Waals surface area contributed by atoms with E-state index in [9.17, 15) is 9.59 Å². The molecule has 2 atom stereocenters. The Kier molecular flexibility index (Phi) is 5.28. The molecule has 2 aromatic carbocycles. The van der Waals surface area contributed by atoms with Crippen molar-refractivity contribution in [2.24, 2.45) is 11.8 Å². The monoisotopic (exact) mass is 429 g/mol. The molecule has 1 saturated heterocycles. The largest absolute Gasteiger partial charge is 0.352 e. The number of hydroxylamine groups is 1. The van der Waals surface area contributed by atoms with Crippen molar-refractivity contribution in [3.63, 3.8) is 0 Å². The van der Waals surface area contributed by atoms with Crippen molar-refractivity contribution in [1.82, 2.24) is 20.8 Å². The average Bonchev–Trinajstić information content (AvgIpc) is 3.26. The molecular formula is C24H23N5O3. The molecule has 1 aliphatic heterocycles. The third-order valence-electron chi connectivity index (χ3n) is 6.23. The predicted molar refractivity (Wildman–Crippen MR) is 118 cm³/mol. The van der Waals surface area contributed by atoms with Crippen LogP contribution in [0.3, 0.4) is 0 Å². The molecule has 8 heteroatoms. The molecule has 5 rings (SSSR count). The van der Waals surface area contributed by atoms with Gasteiger partial charge in [0.05, 0.1) is 12.0 Å². The molecule has 2 unspecified atom stereocenters. The zero-order valence-electron chi connectivity index (χ0n) is 17.3. The number of benzene rings is 2. The molecule has 0 radical (unpaired) electrons. The van der Waals surface area contributed by atoms with Crippen LogP contribution in [-0.4, -0.2) is 46.1 Å². The summed E-state index contributed by atoms with van der Waals surface area (Å²) < 4.78 is 0. The minimum Gasteiger partial charge on any atom is -0.352 e. The molecule has 1 aliphatic carbocycles. The van der Waals surface area contributed by atoms with Crippen LogP contribution in [0.25, 0.3) is 11.1 Å². The van der Waals surface area contributed by atoms with E-state index in [1.807, 2.05) is 30.3 Å². The third kappa shape index (κ3) is 4.04. The highest BCUT2D eigenvalue weighted by atomic mass is 16.5. The summed E-state index contributed by atoms with van der Waals surface area (Å²) in [5.74, 6) is 0.736. The molecule has 2 heterocycles. The Morgan fingerprint density at radius 1 is 0.938 bits per heavy atom. The smallest absolute Gasteiger partial charge is 0.277 e. The number of carbonyl (C=O) groups excluding carboxylic acids is 2. The lowest BCUT2D eigenvalue weighted by Gasteiger charge is -2.20. The molecule has 2 aliphatic rings. The Morgan fingerprint density at radius 3 is 2.19 bits per heavy atom. The van der Waals surface area contributed by atoms with E-state index in [-0.39, 0.29) is 17.5 Å². The molecule has 162 valence electrons. The van der Waals surface area contributed by atoms with Crippen LogP contribution in [0.5, 0.6) is 0 Å². The van der Waals surface area contributed by atoms with Crippen LogP contribution in [0.4, 0.5) is 5.95 Å². The van der Waals surface area contributed by atoms with E-state index >= 15 is 0 Å². The Balaban J connectivity index is 1.11. The predicted octanol–water partition coefficient (Wildman–Crippen LogP) is 2.06.